The van der Waals surface area contributed by atoms with Crippen LogP contribution in [0, 0.1) is 0 Å². The van der Waals surface area contributed by atoms with Crippen molar-refractivity contribution in [2.45, 2.75) is 18.9 Å². The zero-order valence-corrected chi connectivity index (χ0v) is 12.9. The number of nitrogens with zero attached hydrogens (tertiary/aromatic N) is 1. The van der Waals surface area contributed by atoms with Crippen LogP contribution in [0.25, 0.3) is 0 Å². The van der Waals surface area contributed by atoms with Gasteiger partial charge in [0.2, 0.25) is 0 Å². The molecule has 1 aromatic heterocycles. The van der Waals surface area contributed by atoms with Gasteiger partial charge in [-0.1, -0.05) is 0 Å². The van der Waals surface area contributed by atoms with Crippen LogP contribution in [-0.2, 0) is 4.74 Å². The van der Waals surface area contributed by atoms with E-state index in [1.54, 1.807) is 20.3 Å². The lowest BCUT2D eigenvalue weighted by Gasteiger charge is -2.25. The molecule has 1 aliphatic rings. The van der Waals surface area contributed by atoms with Crippen molar-refractivity contribution in [3.8, 4) is 5.75 Å². The van der Waals surface area contributed by atoms with E-state index in [2.05, 4.69) is 5.32 Å². The molecule has 2 heterocycles. The fraction of sp³-hybridized carbons (Fsp3) is 0.643. The number of hydrogen-bond acceptors (Lipinski definition) is 5. The molecule has 0 bridgehead atoms. The third-order valence-electron chi connectivity index (χ3n) is 3.48. The molecule has 20 heavy (non-hydrogen) atoms. The first-order valence-corrected chi connectivity index (χ1v) is 7.76. The topological polar surface area (TPSA) is 50.8 Å². The highest BCUT2D eigenvalue weighted by atomic mass is 32.1. The molecule has 1 fully saturated rings. The first-order chi connectivity index (χ1) is 9.74. The molecule has 0 radical (unpaired) electrons. The van der Waals surface area contributed by atoms with Gasteiger partial charge in [-0.15, -0.1) is 11.3 Å². The molecular formula is C14H22N2O3S. The molecule has 5 nitrogen and oxygen atoms in total. The molecule has 6 heteroatoms. The maximum atomic E-state index is 12.6. The van der Waals surface area contributed by atoms with Crippen LogP contribution < -0.4 is 10.1 Å². The van der Waals surface area contributed by atoms with E-state index in [9.17, 15) is 4.79 Å². The average Bonchev–Trinajstić information content (AvgIpc) is 3.13. The van der Waals surface area contributed by atoms with Gasteiger partial charge in [0, 0.05) is 37.7 Å². The number of carbonyl (C=O) groups excluding carboxylic acids is 1. The summed E-state index contributed by atoms with van der Waals surface area (Å²) in [6, 6.07) is 2.20. The molecule has 112 valence electrons. The van der Waals surface area contributed by atoms with Crippen LogP contribution in [0.15, 0.2) is 11.4 Å². The minimum Gasteiger partial charge on any atom is -0.496 e. The molecule has 1 aliphatic heterocycles. The van der Waals surface area contributed by atoms with Crippen LogP contribution in [-0.4, -0.2) is 57.3 Å². The summed E-state index contributed by atoms with van der Waals surface area (Å²) in [6.45, 7) is 2.96. The molecule has 0 saturated carbocycles. The number of amides is 1. The third kappa shape index (κ3) is 3.94. The number of carbonyl (C=O) groups is 1. The minimum absolute atomic E-state index is 0.0593. The lowest BCUT2D eigenvalue weighted by Crippen LogP contribution is -2.42. The van der Waals surface area contributed by atoms with E-state index in [-0.39, 0.29) is 5.91 Å². The SMILES string of the molecule is COCCN(CC1CCCN1)C(=O)c1cc(OC)cs1. The van der Waals surface area contributed by atoms with Gasteiger partial charge in [0.05, 0.1) is 18.6 Å². The Morgan fingerprint density at radius 3 is 3.00 bits per heavy atom. The molecule has 2 rings (SSSR count). The average molecular weight is 298 g/mol. The lowest BCUT2D eigenvalue weighted by molar-refractivity contribution is 0.0684. The van der Waals surface area contributed by atoms with Crippen molar-refractivity contribution in [3.05, 3.63) is 16.3 Å². The Bertz CT molecular complexity index is 430. The maximum Gasteiger partial charge on any atom is 0.264 e. The van der Waals surface area contributed by atoms with E-state index in [0.29, 0.717) is 19.2 Å². The molecule has 1 saturated heterocycles. The summed E-state index contributed by atoms with van der Waals surface area (Å²) in [4.78, 5) is 15.2. The van der Waals surface area contributed by atoms with Crippen LogP contribution in [0.2, 0.25) is 0 Å². The first kappa shape index (κ1) is 15.3. The second-order valence-electron chi connectivity index (χ2n) is 4.89. The monoisotopic (exact) mass is 298 g/mol. The molecule has 0 spiro atoms. The first-order valence-electron chi connectivity index (χ1n) is 6.88. The molecule has 1 aromatic rings. The minimum atomic E-state index is 0.0593. The highest BCUT2D eigenvalue weighted by Crippen LogP contribution is 2.23. The van der Waals surface area contributed by atoms with E-state index in [1.807, 2.05) is 10.3 Å². The highest BCUT2D eigenvalue weighted by Gasteiger charge is 2.23. The summed E-state index contributed by atoms with van der Waals surface area (Å²) >= 11 is 1.42. The van der Waals surface area contributed by atoms with Crippen molar-refractivity contribution >= 4 is 17.2 Å². The van der Waals surface area contributed by atoms with Gasteiger partial charge in [0.15, 0.2) is 0 Å². The quantitative estimate of drug-likeness (QED) is 0.831. The third-order valence-corrected chi connectivity index (χ3v) is 4.37. The van der Waals surface area contributed by atoms with Gasteiger partial charge in [0.25, 0.3) is 5.91 Å². The number of rotatable bonds is 7. The molecule has 1 atom stereocenters. The number of methoxy groups -OCH3 is 2. The normalized spacial score (nSPS) is 18.2. The van der Waals surface area contributed by atoms with Crippen LogP contribution in [0.1, 0.15) is 22.5 Å². The van der Waals surface area contributed by atoms with E-state index in [1.165, 1.54) is 17.8 Å². The standard InChI is InChI=1S/C14H22N2O3S/c1-18-7-6-16(9-11-4-3-5-15-11)14(17)13-8-12(19-2)10-20-13/h8,10-11,15H,3-7,9H2,1-2H3. The number of hydrogen-bond donors (Lipinski definition) is 1. The number of thiophene rings is 1. The Balaban J connectivity index is 2.01. The Hall–Kier alpha value is -1.11. The van der Waals surface area contributed by atoms with Gasteiger partial charge in [-0.25, -0.2) is 0 Å². The number of ether oxygens (including phenoxy) is 2. The van der Waals surface area contributed by atoms with Gasteiger partial charge in [-0.2, -0.15) is 0 Å². The van der Waals surface area contributed by atoms with Gasteiger partial charge in [-0.05, 0) is 19.4 Å². The highest BCUT2D eigenvalue weighted by molar-refractivity contribution is 7.12. The zero-order valence-electron chi connectivity index (χ0n) is 12.1. The summed E-state index contributed by atoms with van der Waals surface area (Å²) in [7, 11) is 3.27. The number of nitrogens with one attached hydrogen (secondary N) is 1. The van der Waals surface area contributed by atoms with Gasteiger partial charge in [-0.3, -0.25) is 4.79 Å². The fourth-order valence-electron chi connectivity index (χ4n) is 2.35. The Morgan fingerprint density at radius 1 is 1.55 bits per heavy atom. The Labute approximate surface area is 123 Å². The second-order valence-corrected chi connectivity index (χ2v) is 5.80. The molecule has 1 unspecified atom stereocenters. The van der Waals surface area contributed by atoms with Gasteiger partial charge >= 0.3 is 0 Å². The summed E-state index contributed by atoms with van der Waals surface area (Å²) in [5.41, 5.74) is 0. The summed E-state index contributed by atoms with van der Waals surface area (Å²) in [5.74, 6) is 0.799. The van der Waals surface area contributed by atoms with E-state index in [4.69, 9.17) is 9.47 Å². The second kappa shape index (κ2) is 7.61. The van der Waals surface area contributed by atoms with Crippen molar-refractivity contribution in [2.24, 2.45) is 0 Å². The Morgan fingerprint density at radius 2 is 2.40 bits per heavy atom. The molecule has 1 N–H and O–H groups in total. The summed E-state index contributed by atoms with van der Waals surface area (Å²) in [6.07, 6.45) is 2.31. The van der Waals surface area contributed by atoms with Gasteiger partial charge < -0.3 is 19.7 Å². The van der Waals surface area contributed by atoms with Crippen molar-refractivity contribution < 1.29 is 14.3 Å². The Kier molecular flexibility index (Phi) is 5.82. The van der Waals surface area contributed by atoms with Crippen LogP contribution in [0.4, 0.5) is 0 Å². The van der Waals surface area contributed by atoms with Crippen LogP contribution in [0.3, 0.4) is 0 Å². The smallest absolute Gasteiger partial charge is 0.264 e. The predicted molar refractivity (Wildman–Crippen MR) is 79.7 cm³/mol. The predicted octanol–water partition coefficient (Wildman–Crippen LogP) is 1.60. The van der Waals surface area contributed by atoms with Crippen molar-refractivity contribution in [1.29, 1.82) is 0 Å². The van der Waals surface area contributed by atoms with E-state index < -0.39 is 0 Å². The van der Waals surface area contributed by atoms with E-state index >= 15 is 0 Å². The molecular weight excluding hydrogens is 276 g/mol. The lowest BCUT2D eigenvalue weighted by atomic mass is 10.2. The molecule has 0 aliphatic carbocycles. The fourth-order valence-corrected chi connectivity index (χ4v) is 3.17. The largest absolute Gasteiger partial charge is 0.496 e. The van der Waals surface area contributed by atoms with Crippen molar-refractivity contribution in [1.82, 2.24) is 10.2 Å². The van der Waals surface area contributed by atoms with Crippen molar-refractivity contribution in [2.75, 3.05) is 40.5 Å². The molecule has 0 aromatic carbocycles. The van der Waals surface area contributed by atoms with Gasteiger partial charge in [0.1, 0.15) is 5.75 Å². The van der Waals surface area contributed by atoms with E-state index in [0.717, 1.165) is 30.1 Å². The van der Waals surface area contributed by atoms with Crippen LogP contribution >= 0.6 is 11.3 Å². The zero-order chi connectivity index (χ0) is 14.4. The summed E-state index contributed by atoms with van der Waals surface area (Å²) in [5, 5.41) is 5.29. The molecule has 1 amide bonds. The maximum absolute atomic E-state index is 12.6. The van der Waals surface area contributed by atoms with Crippen LogP contribution in [0.5, 0.6) is 5.75 Å². The van der Waals surface area contributed by atoms with Crippen molar-refractivity contribution in [3.63, 3.8) is 0 Å². The summed E-state index contributed by atoms with van der Waals surface area (Å²) < 4.78 is 10.3.